The van der Waals surface area contributed by atoms with Crippen molar-refractivity contribution >= 4 is 23.6 Å². The Kier molecular flexibility index (Phi) is 7.45. The average molecular weight is 426 g/mol. The van der Waals surface area contributed by atoms with Gasteiger partial charge in [-0.25, -0.2) is 4.79 Å². The molecule has 0 aliphatic heterocycles. The van der Waals surface area contributed by atoms with Crippen molar-refractivity contribution in [3.8, 4) is 11.4 Å². The molecule has 0 bridgehead atoms. The van der Waals surface area contributed by atoms with Gasteiger partial charge < -0.3 is 14.8 Å². The lowest BCUT2D eigenvalue weighted by Crippen LogP contribution is -2.43. The number of rotatable bonds is 9. The minimum absolute atomic E-state index is 0.0656. The molecule has 1 atom stereocenters. The van der Waals surface area contributed by atoms with Gasteiger partial charge in [-0.2, -0.15) is 0 Å². The Morgan fingerprint density at radius 3 is 2.57 bits per heavy atom. The molecule has 1 aromatic heterocycles. The molecule has 156 valence electrons. The van der Waals surface area contributed by atoms with Gasteiger partial charge >= 0.3 is 5.97 Å². The molecular formula is C21H22N4O4S. The van der Waals surface area contributed by atoms with Crippen LogP contribution in [0.1, 0.15) is 5.56 Å². The van der Waals surface area contributed by atoms with E-state index in [-0.39, 0.29) is 11.7 Å². The zero-order chi connectivity index (χ0) is 21.3. The van der Waals surface area contributed by atoms with Gasteiger partial charge in [0.15, 0.2) is 5.16 Å². The molecule has 0 radical (unpaired) electrons. The van der Waals surface area contributed by atoms with Crippen LogP contribution >= 0.6 is 11.8 Å². The highest BCUT2D eigenvalue weighted by molar-refractivity contribution is 7.99. The lowest BCUT2D eigenvalue weighted by atomic mass is 10.1. The molecule has 3 aromatic rings. The third-order valence-corrected chi connectivity index (χ3v) is 5.24. The number of esters is 1. The normalized spacial score (nSPS) is 11.5. The second-order valence-corrected chi connectivity index (χ2v) is 7.22. The molecule has 1 amide bonds. The number of benzene rings is 2. The second kappa shape index (κ2) is 10.4. The molecule has 0 unspecified atom stereocenters. The summed E-state index contributed by atoms with van der Waals surface area (Å²) in [6.07, 6.45) is 1.91. The third-order valence-electron chi connectivity index (χ3n) is 4.30. The first kappa shape index (κ1) is 21.4. The summed E-state index contributed by atoms with van der Waals surface area (Å²) in [4.78, 5) is 24.6. The Balaban J connectivity index is 1.65. The summed E-state index contributed by atoms with van der Waals surface area (Å²) in [5, 5.41) is 11.3. The van der Waals surface area contributed by atoms with Crippen LogP contribution in [-0.4, -0.2) is 52.7 Å². The number of ether oxygens (including phenoxy) is 2. The van der Waals surface area contributed by atoms with E-state index >= 15 is 0 Å². The maximum absolute atomic E-state index is 12.5. The monoisotopic (exact) mass is 426 g/mol. The highest BCUT2D eigenvalue weighted by Gasteiger charge is 2.22. The molecule has 0 saturated carbocycles. The molecule has 0 saturated heterocycles. The van der Waals surface area contributed by atoms with Crippen molar-refractivity contribution in [3.63, 3.8) is 0 Å². The first-order chi connectivity index (χ1) is 14.6. The quantitative estimate of drug-likeness (QED) is 0.414. The van der Waals surface area contributed by atoms with Gasteiger partial charge in [-0.1, -0.05) is 54.2 Å². The largest absolute Gasteiger partial charge is 0.495 e. The Morgan fingerprint density at radius 2 is 1.83 bits per heavy atom. The van der Waals surface area contributed by atoms with E-state index in [1.54, 1.807) is 18.0 Å². The number of aromatic nitrogens is 3. The van der Waals surface area contributed by atoms with Gasteiger partial charge in [0, 0.05) is 6.42 Å². The summed E-state index contributed by atoms with van der Waals surface area (Å²) in [5.41, 5.74) is 1.70. The number of para-hydroxylation sites is 2. The average Bonchev–Trinajstić information content (AvgIpc) is 3.25. The number of hydrogen-bond acceptors (Lipinski definition) is 7. The van der Waals surface area contributed by atoms with E-state index in [0.717, 1.165) is 11.3 Å². The van der Waals surface area contributed by atoms with E-state index in [1.165, 1.54) is 18.9 Å². The van der Waals surface area contributed by atoms with Gasteiger partial charge in [-0.15, -0.1) is 10.2 Å². The van der Waals surface area contributed by atoms with Crippen molar-refractivity contribution in [2.75, 3.05) is 20.0 Å². The Morgan fingerprint density at radius 1 is 1.10 bits per heavy atom. The first-order valence-electron chi connectivity index (χ1n) is 9.19. The minimum Gasteiger partial charge on any atom is -0.495 e. The summed E-state index contributed by atoms with van der Waals surface area (Å²) < 4.78 is 12.0. The molecule has 9 heteroatoms. The fourth-order valence-electron chi connectivity index (χ4n) is 2.87. The molecule has 0 aliphatic carbocycles. The highest BCUT2D eigenvalue weighted by atomic mass is 32.2. The van der Waals surface area contributed by atoms with Crippen molar-refractivity contribution in [1.29, 1.82) is 0 Å². The Labute approximate surface area is 178 Å². The predicted octanol–water partition coefficient (Wildman–Crippen LogP) is 2.27. The standard InChI is InChI=1S/C21H22N4O4S/c1-28-18-11-7-6-10-17(18)25-14-22-24-21(25)30-13-19(26)23-16(20(27)29-2)12-15-8-4-3-5-9-15/h3-11,14,16H,12-13H2,1-2H3,(H,23,26)/t16-/m0/s1. The van der Waals surface area contributed by atoms with Crippen LogP contribution in [0.5, 0.6) is 5.75 Å². The van der Waals surface area contributed by atoms with Gasteiger partial charge in [0.25, 0.3) is 0 Å². The number of carbonyl (C=O) groups excluding carboxylic acids is 2. The van der Waals surface area contributed by atoms with Crippen molar-refractivity contribution in [2.45, 2.75) is 17.6 Å². The topological polar surface area (TPSA) is 95.3 Å². The van der Waals surface area contributed by atoms with Gasteiger partial charge in [-0.05, 0) is 17.7 Å². The second-order valence-electron chi connectivity index (χ2n) is 6.28. The molecule has 0 spiro atoms. The van der Waals surface area contributed by atoms with Crippen LogP contribution in [0.4, 0.5) is 0 Å². The summed E-state index contributed by atoms with van der Waals surface area (Å²) >= 11 is 1.21. The van der Waals surface area contributed by atoms with Crippen LogP contribution in [0.3, 0.4) is 0 Å². The molecule has 8 nitrogen and oxygen atoms in total. The number of methoxy groups -OCH3 is 2. The van der Waals surface area contributed by atoms with Gasteiger partial charge in [0.1, 0.15) is 18.1 Å². The van der Waals surface area contributed by atoms with Crippen molar-refractivity contribution in [3.05, 3.63) is 66.5 Å². The zero-order valence-corrected chi connectivity index (χ0v) is 17.5. The van der Waals surface area contributed by atoms with Crippen LogP contribution < -0.4 is 10.1 Å². The third kappa shape index (κ3) is 5.38. The lowest BCUT2D eigenvalue weighted by Gasteiger charge is -2.16. The molecule has 1 N–H and O–H groups in total. The summed E-state index contributed by atoms with van der Waals surface area (Å²) in [7, 11) is 2.89. The minimum atomic E-state index is -0.766. The van der Waals surface area contributed by atoms with Crippen molar-refractivity contribution in [1.82, 2.24) is 20.1 Å². The van der Waals surface area contributed by atoms with Gasteiger partial charge in [-0.3, -0.25) is 9.36 Å². The molecule has 3 rings (SSSR count). The molecule has 0 fully saturated rings. The van der Waals surface area contributed by atoms with E-state index in [2.05, 4.69) is 15.5 Å². The molecule has 1 heterocycles. The fourth-order valence-corrected chi connectivity index (χ4v) is 3.60. The number of thioether (sulfide) groups is 1. The maximum Gasteiger partial charge on any atom is 0.328 e. The van der Waals surface area contributed by atoms with Crippen LogP contribution in [0, 0.1) is 0 Å². The fraction of sp³-hybridized carbons (Fsp3) is 0.238. The van der Waals surface area contributed by atoms with Crippen molar-refractivity contribution in [2.24, 2.45) is 0 Å². The predicted molar refractivity (Wildman–Crippen MR) is 113 cm³/mol. The summed E-state index contributed by atoms with van der Waals surface area (Å²) in [5.74, 6) is -0.0663. The Bertz CT molecular complexity index is 993. The summed E-state index contributed by atoms with van der Waals surface area (Å²) in [6.45, 7) is 0. The van der Waals surface area contributed by atoms with Crippen LogP contribution in [0.15, 0.2) is 66.1 Å². The maximum atomic E-state index is 12.5. The van der Waals surface area contributed by atoms with E-state index in [0.29, 0.717) is 17.3 Å². The van der Waals surface area contributed by atoms with E-state index in [1.807, 2.05) is 54.6 Å². The van der Waals surface area contributed by atoms with Gasteiger partial charge in [0.05, 0.1) is 25.7 Å². The number of hydrogen-bond donors (Lipinski definition) is 1. The van der Waals surface area contributed by atoms with Crippen LogP contribution in [-0.2, 0) is 20.7 Å². The van der Waals surface area contributed by atoms with E-state index in [9.17, 15) is 9.59 Å². The SMILES string of the molecule is COC(=O)[C@H](Cc1ccccc1)NC(=O)CSc1nncn1-c1ccccc1OC. The van der Waals surface area contributed by atoms with E-state index < -0.39 is 12.0 Å². The van der Waals surface area contributed by atoms with Crippen LogP contribution in [0.2, 0.25) is 0 Å². The molecule has 0 aliphatic rings. The van der Waals surface area contributed by atoms with Gasteiger partial charge in [0.2, 0.25) is 5.91 Å². The molecular weight excluding hydrogens is 404 g/mol. The highest BCUT2D eigenvalue weighted by Crippen LogP contribution is 2.26. The lowest BCUT2D eigenvalue weighted by molar-refractivity contribution is -0.144. The Hall–Kier alpha value is -3.33. The first-order valence-corrected chi connectivity index (χ1v) is 10.2. The zero-order valence-electron chi connectivity index (χ0n) is 16.6. The van der Waals surface area contributed by atoms with Crippen LogP contribution in [0.25, 0.3) is 5.69 Å². The molecule has 30 heavy (non-hydrogen) atoms. The number of carbonyl (C=O) groups is 2. The van der Waals surface area contributed by atoms with E-state index in [4.69, 9.17) is 9.47 Å². The number of nitrogens with one attached hydrogen (secondary N) is 1. The number of nitrogens with zero attached hydrogens (tertiary/aromatic N) is 3. The number of amides is 1. The van der Waals surface area contributed by atoms with Crippen molar-refractivity contribution < 1.29 is 19.1 Å². The molecule has 2 aromatic carbocycles. The summed E-state index contributed by atoms with van der Waals surface area (Å²) in [6, 6.07) is 16.1. The smallest absolute Gasteiger partial charge is 0.328 e.